The molecule has 7 heteroatoms. The molecular formula is C20H22ClNO5. The lowest BCUT2D eigenvalue weighted by Gasteiger charge is -2.17. The van der Waals surface area contributed by atoms with E-state index in [1.165, 1.54) is 19.2 Å². The highest BCUT2D eigenvalue weighted by Crippen LogP contribution is 2.31. The van der Waals surface area contributed by atoms with Gasteiger partial charge in [0.05, 0.1) is 24.4 Å². The zero-order chi connectivity index (χ0) is 20.0. The topological polar surface area (TPSA) is 73.9 Å². The fourth-order valence-corrected chi connectivity index (χ4v) is 2.58. The summed E-state index contributed by atoms with van der Waals surface area (Å²) in [4.78, 5) is 24.4. The molecule has 0 saturated heterocycles. The summed E-state index contributed by atoms with van der Waals surface area (Å²) in [6, 6.07) is 10.3. The largest absolute Gasteiger partial charge is 0.496 e. The number of rotatable bonds is 7. The number of carbonyl (C=O) groups is 2. The minimum atomic E-state index is -0.751. The number of ether oxygens (including phenoxy) is 3. The molecule has 2 aromatic carbocycles. The van der Waals surface area contributed by atoms with Crippen LogP contribution in [-0.2, 0) is 9.53 Å². The molecule has 1 N–H and O–H groups in total. The minimum Gasteiger partial charge on any atom is -0.496 e. The molecule has 1 amide bonds. The van der Waals surface area contributed by atoms with Gasteiger partial charge in [-0.05, 0) is 44.5 Å². The van der Waals surface area contributed by atoms with Crippen molar-refractivity contribution in [2.24, 2.45) is 0 Å². The summed E-state index contributed by atoms with van der Waals surface area (Å²) in [5.41, 5.74) is 1.53. The van der Waals surface area contributed by atoms with Crippen molar-refractivity contribution in [2.75, 3.05) is 19.0 Å². The first-order chi connectivity index (χ1) is 12.8. The van der Waals surface area contributed by atoms with Crippen LogP contribution in [0.5, 0.6) is 11.5 Å². The third-order valence-corrected chi connectivity index (χ3v) is 4.03. The highest BCUT2D eigenvalue weighted by Gasteiger charge is 2.20. The lowest BCUT2D eigenvalue weighted by Crippen LogP contribution is -2.30. The second-order valence-electron chi connectivity index (χ2n) is 5.82. The van der Waals surface area contributed by atoms with Crippen LogP contribution in [0.4, 0.5) is 5.69 Å². The van der Waals surface area contributed by atoms with E-state index >= 15 is 0 Å². The van der Waals surface area contributed by atoms with Crippen molar-refractivity contribution < 1.29 is 23.8 Å². The number of hydrogen-bond acceptors (Lipinski definition) is 5. The molecule has 27 heavy (non-hydrogen) atoms. The lowest BCUT2D eigenvalue weighted by atomic mass is 10.1. The molecule has 6 nitrogen and oxygen atoms in total. The van der Waals surface area contributed by atoms with Gasteiger partial charge in [0.1, 0.15) is 17.1 Å². The number of methoxy groups -OCH3 is 1. The third-order valence-electron chi connectivity index (χ3n) is 3.71. The summed E-state index contributed by atoms with van der Waals surface area (Å²) < 4.78 is 15.9. The fraction of sp³-hybridized carbons (Fsp3) is 0.300. The number of anilines is 1. The summed E-state index contributed by atoms with van der Waals surface area (Å²) in [6.07, 6.45) is -0.751. The Morgan fingerprint density at radius 2 is 1.96 bits per heavy atom. The Morgan fingerprint density at radius 3 is 2.59 bits per heavy atom. The van der Waals surface area contributed by atoms with E-state index in [0.717, 1.165) is 5.56 Å². The number of halogens is 1. The molecule has 0 fully saturated rings. The Bertz CT molecular complexity index is 837. The Labute approximate surface area is 163 Å². The van der Waals surface area contributed by atoms with Crippen LogP contribution in [0, 0.1) is 6.92 Å². The van der Waals surface area contributed by atoms with Gasteiger partial charge in [-0.25, -0.2) is 4.79 Å². The monoisotopic (exact) mass is 391 g/mol. The third kappa shape index (κ3) is 5.37. The van der Waals surface area contributed by atoms with Crippen LogP contribution in [0.25, 0.3) is 0 Å². The van der Waals surface area contributed by atoms with E-state index in [0.29, 0.717) is 11.4 Å². The van der Waals surface area contributed by atoms with Gasteiger partial charge in [0.2, 0.25) is 0 Å². The SMILES string of the molecule is CCOC(=O)c1cc(Cl)c(NC(=O)C(C)Oc2cccc(C)c2)cc1OC. The van der Waals surface area contributed by atoms with E-state index in [1.54, 1.807) is 19.9 Å². The molecule has 0 saturated carbocycles. The molecule has 0 aliphatic carbocycles. The van der Waals surface area contributed by atoms with Crippen LogP contribution in [0.15, 0.2) is 36.4 Å². The maximum Gasteiger partial charge on any atom is 0.341 e. The van der Waals surface area contributed by atoms with E-state index < -0.39 is 12.1 Å². The summed E-state index contributed by atoms with van der Waals surface area (Å²) in [5.74, 6) is -0.0889. The van der Waals surface area contributed by atoms with Crippen molar-refractivity contribution in [3.63, 3.8) is 0 Å². The average Bonchev–Trinajstić information content (AvgIpc) is 2.63. The molecule has 0 aliphatic heterocycles. The lowest BCUT2D eigenvalue weighted by molar-refractivity contribution is -0.122. The number of esters is 1. The zero-order valence-electron chi connectivity index (χ0n) is 15.7. The molecular weight excluding hydrogens is 370 g/mol. The highest BCUT2D eigenvalue weighted by atomic mass is 35.5. The van der Waals surface area contributed by atoms with Crippen LogP contribution in [0.1, 0.15) is 29.8 Å². The quantitative estimate of drug-likeness (QED) is 0.714. The highest BCUT2D eigenvalue weighted by molar-refractivity contribution is 6.34. The normalized spacial score (nSPS) is 11.4. The molecule has 0 spiro atoms. The standard InChI is InChI=1S/C20H22ClNO5/c1-5-26-20(24)15-10-16(21)17(11-18(15)25-4)22-19(23)13(3)27-14-8-6-7-12(2)9-14/h6-11,13H,5H2,1-4H3,(H,22,23). The van der Waals surface area contributed by atoms with Crippen molar-refractivity contribution in [1.29, 1.82) is 0 Å². The molecule has 144 valence electrons. The Hall–Kier alpha value is -2.73. The van der Waals surface area contributed by atoms with Crippen molar-refractivity contribution in [2.45, 2.75) is 26.9 Å². The number of hydrogen-bond donors (Lipinski definition) is 1. The van der Waals surface area contributed by atoms with Crippen molar-refractivity contribution >= 4 is 29.2 Å². The maximum atomic E-state index is 12.4. The molecule has 0 heterocycles. The smallest absolute Gasteiger partial charge is 0.341 e. The molecule has 0 bridgehead atoms. The van der Waals surface area contributed by atoms with Crippen LogP contribution < -0.4 is 14.8 Å². The summed E-state index contributed by atoms with van der Waals surface area (Å²) in [7, 11) is 1.42. The molecule has 2 rings (SSSR count). The van der Waals surface area contributed by atoms with Crippen molar-refractivity contribution in [1.82, 2.24) is 0 Å². The molecule has 0 aromatic heterocycles. The second-order valence-corrected chi connectivity index (χ2v) is 6.23. The first kappa shape index (κ1) is 20.6. The molecule has 1 unspecified atom stereocenters. The number of amides is 1. The molecule has 1 atom stereocenters. The van der Waals surface area contributed by atoms with E-state index in [-0.39, 0.29) is 28.8 Å². The van der Waals surface area contributed by atoms with Gasteiger partial charge >= 0.3 is 5.97 Å². The predicted molar refractivity (Wildman–Crippen MR) is 104 cm³/mol. The maximum absolute atomic E-state index is 12.4. The van der Waals surface area contributed by atoms with Crippen LogP contribution >= 0.6 is 11.6 Å². The van der Waals surface area contributed by atoms with Gasteiger partial charge in [-0.3, -0.25) is 4.79 Å². The molecule has 0 radical (unpaired) electrons. The fourth-order valence-electron chi connectivity index (χ4n) is 2.37. The summed E-state index contributed by atoms with van der Waals surface area (Å²) in [5, 5.41) is 2.88. The Morgan fingerprint density at radius 1 is 1.22 bits per heavy atom. The Kier molecular flexibility index (Phi) is 7.07. The zero-order valence-corrected chi connectivity index (χ0v) is 16.4. The first-order valence-electron chi connectivity index (χ1n) is 8.44. The first-order valence-corrected chi connectivity index (χ1v) is 8.82. The number of nitrogens with one attached hydrogen (secondary N) is 1. The van der Waals surface area contributed by atoms with Crippen LogP contribution in [0.3, 0.4) is 0 Å². The number of carbonyl (C=O) groups excluding carboxylic acids is 2. The van der Waals surface area contributed by atoms with E-state index in [9.17, 15) is 9.59 Å². The van der Waals surface area contributed by atoms with Crippen LogP contribution in [-0.4, -0.2) is 31.7 Å². The van der Waals surface area contributed by atoms with Crippen LogP contribution in [0.2, 0.25) is 5.02 Å². The van der Waals surface area contributed by atoms with Gasteiger partial charge in [-0.15, -0.1) is 0 Å². The van der Waals surface area contributed by atoms with Gasteiger partial charge in [-0.1, -0.05) is 23.7 Å². The Balaban J connectivity index is 2.15. The van der Waals surface area contributed by atoms with E-state index in [2.05, 4.69) is 5.32 Å². The number of benzene rings is 2. The van der Waals surface area contributed by atoms with Gasteiger partial charge in [-0.2, -0.15) is 0 Å². The van der Waals surface area contributed by atoms with Gasteiger partial charge < -0.3 is 19.5 Å². The van der Waals surface area contributed by atoms with Crippen molar-refractivity contribution in [3.05, 3.63) is 52.5 Å². The van der Waals surface area contributed by atoms with Gasteiger partial charge in [0, 0.05) is 6.07 Å². The summed E-state index contributed by atoms with van der Waals surface area (Å²) in [6.45, 7) is 5.51. The van der Waals surface area contributed by atoms with Crippen molar-refractivity contribution in [3.8, 4) is 11.5 Å². The molecule has 0 aliphatic rings. The van der Waals surface area contributed by atoms with E-state index in [4.69, 9.17) is 25.8 Å². The van der Waals surface area contributed by atoms with Gasteiger partial charge in [0.15, 0.2) is 6.10 Å². The number of aryl methyl sites for hydroxylation is 1. The minimum absolute atomic E-state index is 0.186. The van der Waals surface area contributed by atoms with E-state index in [1.807, 2.05) is 25.1 Å². The molecule has 2 aromatic rings. The summed E-state index contributed by atoms with van der Waals surface area (Å²) >= 11 is 6.21. The van der Waals surface area contributed by atoms with Gasteiger partial charge in [0.25, 0.3) is 5.91 Å². The average molecular weight is 392 g/mol. The second kappa shape index (κ2) is 9.28. The predicted octanol–water partition coefficient (Wildman–Crippen LogP) is 4.24.